The zero-order valence-corrected chi connectivity index (χ0v) is 8.21. The van der Waals surface area contributed by atoms with E-state index in [1.807, 2.05) is 6.92 Å². The van der Waals surface area contributed by atoms with Gasteiger partial charge in [0.15, 0.2) is 0 Å². The Morgan fingerprint density at radius 3 is 2.33 bits per heavy atom. The molecule has 1 fully saturated rings. The fourth-order valence-corrected chi connectivity index (χ4v) is 2.00. The lowest BCUT2D eigenvalue weighted by Gasteiger charge is -2.24. The topological polar surface area (TPSA) is 20.2 Å². The van der Waals surface area contributed by atoms with Gasteiger partial charge < -0.3 is 5.11 Å². The maximum absolute atomic E-state index is 9.93. The molecule has 0 aliphatic heterocycles. The maximum Gasteiger partial charge on any atom is 0.0630 e. The number of aliphatic hydroxyl groups is 1. The molecule has 2 atom stereocenters. The van der Waals surface area contributed by atoms with Gasteiger partial charge in [0.1, 0.15) is 0 Å². The molecule has 1 N–H and O–H groups in total. The second-order valence-corrected chi connectivity index (χ2v) is 4.17. The molecule has 0 amide bonds. The Bertz CT molecular complexity index is 156. The highest BCUT2D eigenvalue weighted by atomic mass is 16.3. The summed E-state index contributed by atoms with van der Waals surface area (Å²) in [7, 11) is 0. The van der Waals surface area contributed by atoms with Crippen molar-refractivity contribution in [2.24, 2.45) is 11.8 Å². The fourth-order valence-electron chi connectivity index (χ4n) is 2.00. The molecule has 0 saturated heterocycles. The second-order valence-electron chi connectivity index (χ2n) is 4.17. The molecule has 1 aliphatic carbocycles. The van der Waals surface area contributed by atoms with Crippen LogP contribution in [0.4, 0.5) is 0 Å². The molecule has 12 heavy (non-hydrogen) atoms. The predicted octanol–water partition coefficient (Wildman–Crippen LogP) is 2.75. The molecule has 0 radical (unpaired) electrons. The monoisotopic (exact) mass is 168 g/mol. The Hall–Kier alpha value is -0.300. The van der Waals surface area contributed by atoms with Crippen LogP contribution in [0.2, 0.25) is 0 Å². The third-order valence-corrected chi connectivity index (χ3v) is 3.17. The summed E-state index contributed by atoms with van der Waals surface area (Å²) >= 11 is 0. The van der Waals surface area contributed by atoms with Crippen molar-refractivity contribution in [3.05, 3.63) is 12.2 Å². The molecule has 1 heteroatoms. The van der Waals surface area contributed by atoms with Gasteiger partial charge in [-0.15, -0.1) is 0 Å². The third kappa shape index (κ3) is 2.10. The molecule has 1 aliphatic rings. The summed E-state index contributed by atoms with van der Waals surface area (Å²) in [5, 5.41) is 9.93. The highest BCUT2D eigenvalue weighted by Crippen LogP contribution is 2.32. The molecular weight excluding hydrogens is 148 g/mol. The van der Waals surface area contributed by atoms with Gasteiger partial charge in [-0.3, -0.25) is 0 Å². The zero-order chi connectivity index (χ0) is 9.14. The van der Waals surface area contributed by atoms with E-state index in [-0.39, 0.29) is 12.0 Å². The van der Waals surface area contributed by atoms with E-state index in [4.69, 9.17) is 0 Å². The lowest BCUT2D eigenvalue weighted by atomic mass is 9.87. The van der Waals surface area contributed by atoms with Crippen molar-refractivity contribution in [3.8, 4) is 0 Å². The molecule has 1 saturated carbocycles. The van der Waals surface area contributed by atoms with Gasteiger partial charge in [0.05, 0.1) is 6.10 Å². The van der Waals surface area contributed by atoms with E-state index in [0.29, 0.717) is 5.92 Å². The van der Waals surface area contributed by atoms with Crippen LogP contribution in [0.15, 0.2) is 12.2 Å². The maximum atomic E-state index is 9.93. The van der Waals surface area contributed by atoms with Gasteiger partial charge in [-0.25, -0.2) is 0 Å². The minimum atomic E-state index is -0.148. The van der Waals surface area contributed by atoms with Crippen molar-refractivity contribution in [3.63, 3.8) is 0 Å². The van der Waals surface area contributed by atoms with Gasteiger partial charge in [0.2, 0.25) is 0 Å². The van der Waals surface area contributed by atoms with E-state index in [9.17, 15) is 5.11 Å². The summed E-state index contributed by atoms with van der Waals surface area (Å²) in [6, 6.07) is 0. The van der Waals surface area contributed by atoms with Crippen molar-refractivity contribution in [1.29, 1.82) is 0 Å². The Balaban J connectivity index is 2.44. The van der Waals surface area contributed by atoms with Crippen LogP contribution in [0.3, 0.4) is 0 Å². The van der Waals surface area contributed by atoms with Crippen LogP contribution < -0.4 is 0 Å². The molecule has 1 nitrogen and oxygen atoms in total. The van der Waals surface area contributed by atoms with Crippen LogP contribution in [0.25, 0.3) is 0 Å². The van der Waals surface area contributed by atoms with Crippen molar-refractivity contribution < 1.29 is 5.11 Å². The van der Waals surface area contributed by atoms with Crippen molar-refractivity contribution in [2.45, 2.75) is 45.6 Å². The predicted molar refractivity (Wildman–Crippen MR) is 51.9 cm³/mol. The first-order valence-corrected chi connectivity index (χ1v) is 4.96. The number of rotatable bonds is 3. The van der Waals surface area contributed by atoms with Crippen molar-refractivity contribution >= 4 is 0 Å². The highest BCUT2D eigenvalue weighted by Gasteiger charge is 2.27. The van der Waals surface area contributed by atoms with Gasteiger partial charge in [-0.1, -0.05) is 31.9 Å². The van der Waals surface area contributed by atoms with Crippen molar-refractivity contribution in [1.82, 2.24) is 0 Å². The first-order chi connectivity index (χ1) is 5.63. The van der Waals surface area contributed by atoms with E-state index in [2.05, 4.69) is 13.5 Å². The van der Waals surface area contributed by atoms with Gasteiger partial charge in [-0.2, -0.15) is 0 Å². The molecule has 0 aromatic carbocycles. The quantitative estimate of drug-likeness (QED) is 0.642. The van der Waals surface area contributed by atoms with Crippen LogP contribution in [0, 0.1) is 11.8 Å². The molecule has 0 heterocycles. The minimum Gasteiger partial charge on any atom is -0.392 e. The molecule has 0 aromatic rings. The average molecular weight is 168 g/mol. The van der Waals surface area contributed by atoms with E-state index in [0.717, 1.165) is 5.57 Å². The molecular formula is C11H20O. The van der Waals surface area contributed by atoms with Crippen LogP contribution in [0.1, 0.15) is 39.5 Å². The Kier molecular flexibility index (Phi) is 3.33. The molecule has 1 rings (SSSR count). The van der Waals surface area contributed by atoms with Crippen LogP contribution in [0.5, 0.6) is 0 Å². The molecule has 2 unspecified atom stereocenters. The zero-order valence-electron chi connectivity index (χ0n) is 8.21. The summed E-state index contributed by atoms with van der Waals surface area (Å²) in [5.41, 5.74) is 1.11. The Labute approximate surface area is 75.5 Å². The van der Waals surface area contributed by atoms with E-state index in [1.165, 1.54) is 25.7 Å². The first-order valence-electron chi connectivity index (χ1n) is 4.96. The van der Waals surface area contributed by atoms with Crippen LogP contribution in [-0.4, -0.2) is 11.2 Å². The molecule has 0 bridgehead atoms. The van der Waals surface area contributed by atoms with Gasteiger partial charge in [0, 0.05) is 5.92 Å². The lowest BCUT2D eigenvalue weighted by molar-refractivity contribution is 0.0739. The number of aliphatic hydroxyl groups excluding tert-OH is 1. The summed E-state index contributed by atoms with van der Waals surface area (Å²) in [6.07, 6.45) is 4.86. The lowest BCUT2D eigenvalue weighted by Crippen LogP contribution is -2.26. The summed E-state index contributed by atoms with van der Waals surface area (Å²) in [5.74, 6) is 0.810. The van der Waals surface area contributed by atoms with E-state index < -0.39 is 0 Å². The van der Waals surface area contributed by atoms with Crippen LogP contribution >= 0.6 is 0 Å². The Morgan fingerprint density at radius 2 is 1.92 bits per heavy atom. The average Bonchev–Trinajstić information content (AvgIpc) is 2.53. The number of hydrogen-bond acceptors (Lipinski definition) is 1. The number of hydrogen-bond donors (Lipinski definition) is 1. The van der Waals surface area contributed by atoms with Crippen LogP contribution in [-0.2, 0) is 0 Å². The SMILES string of the molecule is C=C(C)C(C)C(O)C1CCCC1. The summed E-state index contributed by atoms with van der Waals surface area (Å²) in [4.78, 5) is 0. The van der Waals surface area contributed by atoms with Gasteiger partial charge in [-0.05, 0) is 25.7 Å². The Morgan fingerprint density at radius 1 is 1.42 bits per heavy atom. The first kappa shape index (κ1) is 9.79. The summed E-state index contributed by atoms with van der Waals surface area (Å²) < 4.78 is 0. The van der Waals surface area contributed by atoms with Crippen molar-refractivity contribution in [2.75, 3.05) is 0 Å². The van der Waals surface area contributed by atoms with Gasteiger partial charge >= 0.3 is 0 Å². The standard InChI is InChI=1S/C11H20O/c1-8(2)9(3)11(12)10-6-4-5-7-10/h9-12H,1,4-7H2,2-3H3. The van der Waals surface area contributed by atoms with E-state index >= 15 is 0 Å². The minimum absolute atomic E-state index is 0.148. The van der Waals surface area contributed by atoms with E-state index in [1.54, 1.807) is 0 Å². The smallest absolute Gasteiger partial charge is 0.0630 e. The highest BCUT2D eigenvalue weighted by molar-refractivity contribution is 4.99. The molecule has 0 aromatic heterocycles. The fraction of sp³-hybridized carbons (Fsp3) is 0.818. The normalized spacial score (nSPS) is 23.9. The third-order valence-electron chi connectivity index (χ3n) is 3.17. The summed E-state index contributed by atoms with van der Waals surface area (Å²) in [6.45, 7) is 7.97. The second kappa shape index (κ2) is 4.08. The molecule has 0 spiro atoms. The largest absolute Gasteiger partial charge is 0.392 e. The van der Waals surface area contributed by atoms with Gasteiger partial charge in [0.25, 0.3) is 0 Å². The molecule has 70 valence electrons.